The summed E-state index contributed by atoms with van der Waals surface area (Å²) in [5, 5.41) is 6.73. The number of rotatable bonds is 9. The molecule has 32 heavy (non-hydrogen) atoms. The molecule has 172 valence electrons. The second-order valence-corrected chi connectivity index (χ2v) is 7.64. The number of nitrogens with one attached hydrogen (secondary N) is 2. The number of hydrogen-bond acceptors (Lipinski definition) is 5. The highest BCUT2D eigenvalue weighted by Crippen LogP contribution is 2.25. The monoisotopic (exact) mass is 439 g/mol. The highest BCUT2D eigenvalue weighted by molar-refractivity contribution is 5.80. The summed E-state index contributed by atoms with van der Waals surface area (Å²) in [6, 6.07) is 11.6. The average Bonchev–Trinajstić information content (AvgIpc) is 3.30. The summed E-state index contributed by atoms with van der Waals surface area (Å²) in [7, 11) is 1.74. The van der Waals surface area contributed by atoms with Gasteiger partial charge in [0.1, 0.15) is 11.5 Å². The largest absolute Gasteiger partial charge is 0.494 e. The van der Waals surface area contributed by atoms with Gasteiger partial charge in [0, 0.05) is 50.9 Å². The van der Waals surface area contributed by atoms with Gasteiger partial charge in [0.2, 0.25) is 11.8 Å². The van der Waals surface area contributed by atoms with E-state index >= 15 is 0 Å². The number of amides is 1. The zero-order valence-electron chi connectivity index (χ0n) is 19.1. The van der Waals surface area contributed by atoms with Crippen molar-refractivity contribution in [2.75, 3.05) is 26.7 Å². The van der Waals surface area contributed by atoms with Crippen molar-refractivity contribution in [3.63, 3.8) is 0 Å². The van der Waals surface area contributed by atoms with Crippen molar-refractivity contribution >= 4 is 11.9 Å². The standard InChI is InChI=1S/C24H33N5O3/c1-4-15-31-20-8-10-21(11-9-20)32-23-18(7-6-13-26-23)16-27-24(25-3)28-19-12-14-29(17-19)22(30)5-2/h6-11,13,19H,4-5,12,14-17H2,1-3H3,(H2,25,27,28). The van der Waals surface area contributed by atoms with E-state index in [1.807, 2.05) is 48.2 Å². The number of benzene rings is 1. The Morgan fingerprint density at radius 2 is 2.00 bits per heavy atom. The van der Waals surface area contributed by atoms with Crippen LogP contribution in [0, 0.1) is 0 Å². The number of hydrogen-bond donors (Lipinski definition) is 2. The number of aliphatic imine (C=N–C) groups is 1. The molecule has 2 heterocycles. The molecule has 1 aliphatic heterocycles. The molecule has 0 radical (unpaired) electrons. The number of guanidine groups is 1. The van der Waals surface area contributed by atoms with E-state index < -0.39 is 0 Å². The van der Waals surface area contributed by atoms with Gasteiger partial charge >= 0.3 is 0 Å². The van der Waals surface area contributed by atoms with E-state index in [9.17, 15) is 4.79 Å². The van der Waals surface area contributed by atoms with Crippen molar-refractivity contribution in [2.24, 2.45) is 4.99 Å². The Morgan fingerprint density at radius 3 is 2.72 bits per heavy atom. The number of likely N-dealkylation sites (tertiary alicyclic amines) is 1. The summed E-state index contributed by atoms with van der Waals surface area (Å²) < 4.78 is 11.6. The molecule has 3 rings (SSSR count). The van der Waals surface area contributed by atoms with Gasteiger partial charge < -0.3 is 25.0 Å². The van der Waals surface area contributed by atoms with E-state index in [2.05, 4.69) is 27.5 Å². The van der Waals surface area contributed by atoms with Gasteiger partial charge in [0.05, 0.1) is 6.61 Å². The molecule has 1 fully saturated rings. The van der Waals surface area contributed by atoms with Crippen LogP contribution in [0.3, 0.4) is 0 Å². The Bertz CT molecular complexity index is 901. The molecule has 0 spiro atoms. The molecule has 8 heteroatoms. The molecule has 0 aliphatic carbocycles. The van der Waals surface area contributed by atoms with E-state index in [0.29, 0.717) is 43.7 Å². The first-order chi connectivity index (χ1) is 15.6. The Hall–Kier alpha value is -3.29. The maximum atomic E-state index is 11.9. The van der Waals surface area contributed by atoms with Crippen molar-refractivity contribution < 1.29 is 14.3 Å². The minimum Gasteiger partial charge on any atom is -0.494 e. The quantitative estimate of drug-likeness (QED) is 0.460. The van der Waals surface area contributed by atoms with Gasteiger partial charge in [0.25, 0.3) is 0 Å². The molecule has 1 aromatic heterocycles. The van der Waals surface area contributed by atoms with Crippen molar-refractivity contribution in [1.82, 2.24) is 20.5 Å². The molecule has 1 saturated heterocycles. The van der Waals surface area contributed by atoms with Crippen LogP contribution in [0.4, 0.5) is 0 Å². The van der Waals surface area contributed by atoms with Crippen LogP contribution in [0.1, 0.15) is 38.7 Å². The Morgan fingerprint density at radius 1 is 1.22 bits per heavy atom. The third-order valence-electron chi connectivity index (χ3n) is 5.22. The molecule has 0 bridgehead atoms. The van der Waals surface area contributed by atoms with Crippen molar-refractivity contribution in [1.29, 1.82) is 0 Å². The van der Waals surface area contributed by atoms with Crippen molar-refractivity contribution in [3.05, 3.63) is 48.2 Å². The van der Waals surface area contributed by atoms with E-state index in [0.717, 1.165) is 30.7 Å². The first-order valence-corrected chi connectivity index (χ1v) is 11.2. The Labute approximate surface area is 190 Å². The second-order valence-electron chi connectivity index (χ2n) is 7.64. The van der Waals surface area contributed by atoms with Gasteiger partial charge in [-0.2, -0.15) is 0 Å². The van der Waals surface area contributed by atoms with Crippen LogP contribution in [0.15, 0.2) is 47.6 Å². The zero-order valence-corrected chi connectivity index (χ0v) is 19.1. The minimum absolute atomic E-state index is 0.190. The summed E-state index contributed by atoms with van der Waals surface area (Å²) in [5.74, 6) is 2.94. The number of ether oxygens (including phenoxy) is 2. The summed E-state index contributed by atoms with van der Waals surface area (Å²) in [4.78, 5) is 22.5. The zero-order chi connectivity index (χ0) is 22.8. The van der Waals surface area contributed by atoms with Crippen LogP contribution in [-0.4, -0.2) is 54.5 Å². The molecule has 1 atom stereocenters. The lowest BCUT2D eigenvalue weighted by molar-refractivity contribution is -0.129. The van der Waals surface area contributed by atoms with Crippen molar-refractivity contribution in [3.8, 4) is 17.4 Å². The summed E-state index contributed by atoms with van der Waals surface area (Å²) in [6.45, 7) is 6.65. The van der Waals surface area contributed by atoms with Gasteiger partial charge in [-0.25, -0.2) is 4.98 Å². The fraction of sp³-hybridized carbons (Fsp3) is 0.458. The molecule has 1 unspecified atom stereocenters. The number of carbonyl (C=O) groups is 1. The minimum atomic E-state index is 0.190. The van der Waals surface area contributed by atoms with Crippen LogP contribution in [-0.2, 0) is 11.3 Å². The molecule has 1 amide bonds. The molecule has 1 aromatic carbocycles. The molecule has 2 aromatic rings. The first kappa shape index (κ1) is 23.4. The molecular weight excluding hydrogens is 406 g/mol. The lowest BCUT2D eigenvalue weighted by Crippen LogP contribution is -2.44. The third kappa shape index (κ3) is 6.60. The van der Waals surface area contributed by atoms with E-state index in [-0.39, 0.29) is 11.9 Å². The maximum Gasteiger partial charge on any atom is 0.224 e. The normalized spacial score (nSPS) is 16.0. The van der Waals surface area contributed by atoms with E-state index in [4.69, 9.17) is 9.47 Å². The highest BCUT2D eigenvalue weighted by Gasteiger charge is 2.25. The van der Waals surface area contributed by atoms with Crippen LogP contribution in [0.2, 0.25) is 0 Å². The van der Waals surface area contributed by atoms with Gasteiger partial charge in [-0.3, -0.25) is 9.79 Å². The average molecular weight is 440 g/mol. The SMILES string of the molecule is CCCOc1ccc(Oc2ncccc2CNC(=NC)NC2CCN(C(=O)CC)C2)cc1. The summed E-state index contributed by atoms with van der Waals surface area (Å²) >= 11 is 0. The van der Waals surface area contributed by atoms with Crippen LogP contribution < -0.4 is 20.1 Å². The maximum absolute atomic E-state index is 11.9. The number of pyridine rings is 1. The second kappa shape index (κ2) is 11.9. The molecular formula is C24H33N5O3. The predicted molar refractivity (Wildman–Crippen MR) is 125 cm³/mol. The summed E-state index contributed by atoms with van der Waals surface area (Å²) in [6.07, 6.45) is 4.13. The lowest BCUT2D eigenvalue weighted by atomic mass is 10.2. The third-order valence-corrected chi connectivity index (χ3v) is 5.22. The lowest BCUT2D eigenvalue weighted by Gasteiger charge is -2.19. The van der Waals surface area contributed by atoms with Gasteiger partial charge in [-0.15, -0.1) is 0 Å². The first-order valence-electron chi connectivity index (χ1n) is 11.2. The van der Waals surface area contributed by atoms with Crippen LogP contribution in [0.25, 0.3) is 0 Å². The van der Waals surface area contributed by atoms with Gasteiger partial charge in [-0.1, -0.05) is 19.9 Å². The van der Waals surface area contributed by atoms with E-state index in [1.54, 1.807) is 13.2 Å². The smallest absolute Gasteiger partial charge is 0.224 e. The Balaban J connectivity index is 1.55. The van der Waals surface area contributed by atoms with Crippen LogP contribution in [0.5, 0.6) is 17.4 Å². The number of carbonyl (C=O) groups excluding carboxylic acids is 1. The van der Waals surface area contributed by atoms with Gasteiger partial charge in [0.15, 0.2) is 5.96 Å². The van der Waals surface area contributed by atoms with Crippen molar-refractivity contribution in [2.45, 2.75) is 45.7 Å². The Kier molecular flexibility index (Phi) is 8.71. The summed E-state index contributed by atoms with van der Waals surface area (Å²) in [5.41, 5.74) is 0.913. The highest BCUT2D eigenvalue weighted by atomic mass is 16.5. The molecule has 8 nitrogen and oxygen atoms in total. The molecule has 0 saturated carbocycles. The molecule has 2 N–H and O–H groups in total. The topological polar surface area (TPSA) is 88.1 Å². The number of nitrogens with zero attached hydrogens (tertiary/aromatic N) is 3. The predicted octanol–water partition coefficient (Wildman–Crippen LogP) is 3.34. The van der Waals surface area contributed by atoms with Crippen LogP contribution >= 0.6 is 0 Å². The number of aromatic nitrogens is 1. The fourth-order valence-electron chi connectivity index (χ4n) is 3.48. The van der Waals surface area contributed by atoms with E-state index in [1.165, 1.54) is 0 Å². The fourth-order valence-corrected chi connectivity index (χ4v) is 3.48. The molecule has 1 aliphatic rings. The van der Waals surface area contributed by atoms with Gasteiger partial charge in [-0.05, 0) is 43.2 Å².